The van der Waals surface area contributed by atoms with E-state index < -0.39 is 35.4 Å². The van der Waals surface area contributed by atoms with Gasteiger partial charge in [0.15, 0.2) is 0 Å². The maximum Gasteiger partial charge on any atom is 0.471 e. The molecule has 1 fully saturated rings. The van der Waals surface area contributed by atoms with Crippen LogP contribution in [0.3, 0.4) is 0 Å². The van der Waals surface area contributed by atoms with Gasteiger partial charge in [0, 0.05) is 13.5 Å². The molecule has 8 heteroatoms. The van der Waals surface area contributed by atoms with Crippen LogP contribution in [0.15, 0.2) is 0 Å². The quantitative estimate of drug-likeness (QED) is 0.789. The van der Waals surface area contributed by atoms with Gasteiger partial charge in [-0.3, -0.25) is 4.79 Å². The molecule has 1 aliphatic rings. The Balaban J connectivity index is 2.86. The standard InChI is InChI=1S/C10H15ClF3NO3/c1-5-9(2,17-3)6(4-7(11)18-5)15-8(16)10(12,13)14/h5-7H,4H2,1-3H3,(H,15,16)/t5-,6-,7?,9-/m0/s1. The van der Waals surface area contributed by atoms with Gasteiger partial charge in [-0.2, -0.15) is 13.2 Å². The van der Waals surface area contributed by atoms with Gasteiger partial charge in [-0.25, -0.2) is 0 Å². The van der Waals surface area contributed by atoms with Crippen LogP contribution in [0.25, 0.3) is 0 Å². The molecule has 106 valence electrons. The van der Waals surface area contributed by atoms with Crippen molar-refractivity contribution in [3.8, 4) is 0 Å². The number of nitrogens with one attached hydrogen (secondary N) is 1. The molecular weight excluding hydrogens is 275 g/mol. The molecule has 0 bridgehead atoms. The monoisotopic (exact) mass is 289 g/mol. The van der Waals surface area contributed by atoms with E-state index in [0.29, 0.717) is 0 Å². The molecular formula is C10H15ClF3NO3. The normalized spacial score (nSPS) is 37.4. The topological polar surface area (TPSA) is 47.6 Å². The number of halogens is 4. The zero-order valence-corrected chi connectivity index (χ0v) is 10.9. The molecule has 0 aliphatic carbocycles. The highest BCUT2D eigenvalue weighted by atomic mass is 35.5. The molecule has 1 unspecified atom stereocenters. The van der Waals surface area contributed by atoms with Crippen LogP contribution in [-0.4, -0.2) is 42.5 Å². The first-order chi connectivity index (χ1) is 8.11. The largest absolute Gasteiger partial charge is 0.471 e. The third-order valence-electron chi connectivity index (χ3n) is 3.27. The number of amides is 1. The summed E-state index contributed by atoms with van der Waals surface area (Å²) < 4.78 is 47.2. The number of hydrogen-bond acceptors (Lipinski definition) is 3. The summed E-state index contributed by atoms with van der Waals surface area (Å²) in [6.45, 7) is 3.20. The molecule has 1 N–H and O–H groups in total. The summed E-state index contributed by atoms with van der Waals surface area (Å²) in [4.78, 5) is 11.0. The maximum atomic E-state index is 12.2. The van der Waals surface area contributed by atoms with Crippen LogP contribution in [-0.2, 0) is 14.3 Å². The van der Waals surface area contributed by atoms with Crippen molar-refractivity contribution in [1.82, 2.24) is 5.32 Å². The fraction of sp³-hybridized carbons (Fsp3) is 0.900. The molecule has 4 nitrogen and oxygen atoms in total. The highest BCUT2D eigenvalue weighted by molar-refractivity contribution is 6.19. The van der Waals surface area contributed by atoms with Gasteiger partial charge in [-0.05, 0) is 13.8 Å². The molecule has 0 aromatic rings. The number of carbonyl (C=O) groups is 1. The zero-order chi connectivity index (χ0) is 14.1. The maximum absolute atomic E-state index is 12.2. The van der Waals surface area contributed by atoms with Gasteiger partial charge < -0.3 is 14.8 Å². The first-order valence-electron chi connectivity index (χ1n) is 5.33. The number of carbonyl (C=O) groups excluding carboxylic acids is 1. The lowest BCUT2D eigenvalue weighted by Crippen LogP contribution is -2.63. The van der Waals surface area contributed by atoms with Crippen molar-refractivity contribution in [2.45, 2.75) is 49.8 Å². The second-order valence-electron chi connectivity index (χ2n) is 4.34. The van der Waals surface area contributed by atoms with E-state index in [2.05, 4.69) is 0 Å². The van der Waals surface area contributed by atoms with Crippen LogP contribution >= 0.6 is 11.6 Å². The fourth-order valence-corrected chi connectivity index (χ4v) is 2.20. The Labute approximate surface area is 108 Å². The molecule has 1 saturated heterocycles. The molecule has 0 spiro atoms. The molecule has 0 aromatic heterocycles. The van der Waals surface area contributed by atoms with Crippen LogP contribution in [0.4, 0.5) is 13.2 Å². The second kappa shape index (κ2) is 5.22. The van der Waals surface area contributed by atoms with Gasteiger partial charge in [0.05, 0.1) is 12.1 Å². The van der Waals surface area contributed by atoms with E-state index >= 15 is 0 Å². The van der Waals surface area contributed by atoms with Crippen LogP contribution < -0.4 is 5.32 Å². The van der Waals surface area contributed by atoms with E-state index in [0.717, 1.165) is 0 Å². The Morgan fingerprint density at radius 3 is 2.56 bits per heavy atom. The second-order valence-corrected chi connectivity index (χ2v) is 4.82. The summed E-state index contributed by atoms with van der Waals surface area (Å²) in [5, 5.41) is 1.91. The molecule has 0 saturated carbocycles. The first-order valence-corrected chi connectivity index (χ1v) is 5.77. The van der Waals surface area contributed by atoms with Crippen molar-refractivity contribution in [3.63, 3.8) is 0 Å². The molecule has 1 aliphatic heterocycles. The Hall–Kier alpha value is -0.530. The van der Waals surface area contributed by atoms with Gasteiger partial charge in [0.2, 0.25) is 0 Å². The molecule has 18 heavy (non-hydrogen) atoms. The first kappa shape index (κ1) is 15.5. The Kier molecular flexibility index (Phi) is 4.51. The van der Waals surface area contributed by atoms with Crippen molar-refractivity contribution >= 4 is 17.5 Å². The molecule has 1 amide bonds. The van der Waals surface area contributed by atoms with Crippen molar-refractivity contribution in [3.05, 3.63) is 0 Å². The number of rotatable bonds is 2. The van der Waals surface area contributed by atoms with Gasteiger partial charge in [0.25, 0.3) is 0 Å². The average Bonchev–Trinajstić information content (AvgIpc) is 2.23. The van der Waals surface area contributed by atoms with Crippen LogP contribution in [0.1, 0.15) is 20.3 Å². The van der Waals surface area contributed by atoms with Crippen LogP contribution in [0, 0.1) is 0 Å². The minimum atomic E-state index is -4.93. The summed E-state index contributed by atoms with van der Waals surface area (Å²) >= 11 is 5.78. The number of hydrogen-bond donors (Lipinski definition) is 1. The van der Waals surface area contributed by atoms with Gasteiger partial charge >= 0.3 is 12.1 Å². The third-order valence-corrected chi connectivity index (χ3v) is 3.56. The molecule has 1 heterocycles. The Morgan fingerprint density at radius 1 is 1.56 bits per heavy atom. The van der Waals surface area contributed by atoms with Gasteiger partial charge in [-0.15, -0.1) is 0 Å². The number of alkyl halides is 4. The van der Waals surface area contributed by atoms with Gasteiger partial charge in [-0.1, -0.05) is 11.6 Å². The lowest BCUT2D eigenvalue weighted by Gasteiger charge is -2.46. The van der Waals surface area contributed by atoms with E-state index in [4.69, 9.17) is 21.1 Å². The van der Waals surface area contributed by atoms with Crippen molar-refractivity contribution < 1.29 is 27.4 Å². The predicted molar refractivity (Wildman–Crippen MR) is 58.2 cm³/mol. The predicted octanol–water partition coefficient (Wildman–Crippen LogP) is 1.81. The third kappa shape index (κ3) is 3.07. The van der Waals surface area contributed by atoms with Crippen molar-refractivity contribution in [1.29, 1.82) is 0 Å². The molecule has 0 radical (unpaired) electrons. The Morgan fingerprint density at radius 2 is 2.11 bits per heavy atom. The van der Waals surface area contributed by atoms with E-state index in [1.165, 1.54) is 7.11 Å². The molecule has 0 aromatic carbocycles. The van der Waals surface area contributed by atoms with Gasteiger partial charge in [0.1, 0.15) is 11.2 Å². The summed E-state index contributed by atoms with van der Waals surface area (Å²) in [6, 6.07) is -0.872. The Bertz CT molecular complexity index is 326. The lowest BCUT2D eigenvalue weighted by atomic mass is 9.86. The lowest BCUT2D eigenvalue weighted by molar-refractivity contribution is -0.191. The minimum absolute atomic E-state index is 0.0397. The summed E-state index contributed by atoms with van der Waals surface area (Å²) in [7, 11) is 1.35. The van der Waals surface area contributed by atoms with E-state index in [1.54, 1.807) is 13.8 Å². The number of ether oxygens (including phenoxy) is 2. The summed E-state index contributed by atoms with van der Waals surface area (Å²) in [6.07, 6.45) is -5.44. The van der Waals surface area contributed by atoms with Crippen LogP contribution in [0.5, 0.6) is 0 Å². The highest BCUT2D eigenvalue weighted by Gasteiger charge is 2.49. The zero-order valence-electron chi connectivity index (χ0n) is 10.2. The van der Waals surface area contributed by atoms with E-state index in [-0.39, 0.29) is 6.42 Å². The minimum Gasteiger partial charge on any atom is -0.374 e. The summed E-state index contributed by atoms with van der Waals surface area (Å²) in [5.41, 5.74) is -1.83. The fourth-order valence-electron chi connectivity index (χ4n) is 1.87. The smallest absolute Gasteiger partial charge is 0.374 e. The van der Waals surface area contributed by atoms with Crippen molar-refractivity contribution in [2.24, 2.45) is 0 Å². The van der Waals surface area contributed by atoms with Crippen LogP contribution in [0.2, 0.25) is 0 Å². The molecule has 4 atom stereocenters. The van der Waals surface area contributed by atoms with E-state index in [9.17, 15) is 18.0 Å². The molecule has 1 rings (SSSR count). The summed E-state index contributed by atoms with van der Waals surface area (Å²) in [5.74, 6) is -2.01. The van der Waals surface area contributed by atoms with E-state index in [1.807, 2.05) is 5.32 Å². The number of methoxy groups -OCH3 is 1. The SMILES string of the molecule is CO[C@]1(C)[C@@H](NC(=O)C(F)(F)F)CC(Cl)O[C@H]1C. The van der Waals surface area contributed by atoms with Crippen molar-refractivity contribution in [2.75, 3.05) is 7.11 Å². The average molecular weight is 290 g/mol. The highest BCUT2D eigenvalue weighted by Crippen LogP contribution is 2.33.